The van der Waals surface area contributed by atoms with E-state index >= 15 is 0 Å². The second kappa shape index (κ2) is 4.81. The Morgan fingerprint density at radius 2 is 2.46 bits per heavy atom. The van der Waals surface area contributed by atoms with Crippen LogP contribution in [0, 0.1) is 0 Å². The molecule has 5 heteroatoms. The molecule has 0 amide bonds. The van der Waals surface area contributed by atoms with Crippen LogP contribution < -0.4 is 0 Å². The summed E-state index contributed by atoms with van der Waals surface area (Å²) in [6.07, 6.45) is 4.07. The third-order valence-electron chi connectivity index (χ3n) is 1.26. The predicted octanol–water partition coefficient (Wildman–Crippen LogP) is 0.762. The van der Waals surface area contributed by atoms with Crippen LogP contribution in [0.5, 0.6) is 0 Å². The van der Waals surface area contributed by atoms with Gasteiger partial charge in [0.05, 0.1) is 6.34 Å². The van der Waals surface area contributed by atoms with Crippen molar-refractivity contribution in [3.63, 3.8) is 0 Å². The van der Waals surface area contributed by atoms with Crippen molar-refractivity contribution in [2.45, 2.75) is 0 Å². The van der Waals surface area contributed by atoms with Crippen LogP contribution >= 0.6 is 11.8 Å². The maximum absolute atomic E-state index is 10.3. The smallest absolute Gasteiger partial charge is 0.189 e. The molecule has 0 saturated carbocycles. The van der Waals surface area contributed by atoms with Gasteiger partial charge in [-0.15, -0.1) is 0 Å². The maximum atomic E-state index is 10.3. The fraction of sp³-hybridized carbons (Fsp3) is 0.375. The number of amidine groups is 1. The van der Waals surface area contributed by atoms with Crippen LogP contribution in [0.25, 0.3) is 0 Å². The summed E-state index contributed by atoms with van der Waals surface area (Å²) < 4.78 is 0. The summed E-state index contributed by atoms with van der Waals surface area (Å²) in [4.78, 5) is 20.3. The molecule has 0 spiro atoms. The molecule has 1 aliphatic rings. The molecule has 13 heavy (non-hydrogen) atoms. The maximum Gasteiger partial charge on any atom is 0.189 e. The molecule has 70 valence electrons. The third kappa shape index (κ3) is 3.42. The lowest BCUT2D eigenvalue weighted by molar-refractivity contribution is -0.104. The molecule has 0 saturated heterocycles. The van der Waals surface area contributed by atoms with Crippen LogP contribution in [-0.4, -0.2) is 42.5 Å². The number of thioether (sulfide) groups is 1. The number of carbonyl (C=O) groups excluding carboxylic acids is 1. The first kappa shape index (κ1) is 9.98. The SMILES string of the molecule is CN(C)/C=N/C1=NC=C(C=O)CS1. The van der Waals surface area contributed by atoms with Gasteiger partial charge >= 0.3 is 0 Å². The molecule has 1 rings (SSSR count). The Kier molecular flexibility index (Phi) is 3.70. The average molecular weight is 197 g/mol. The van der Waals surface area contributed by atoms with E-state index in [2.05, 4.69) is 9.98 Å². The Labute approximate surface area is 81.4 Å². The van der Waals surface area contributed by atoms with Gasteiger partial charge in [0.2, 0.25) is 0 Å². The van der Waals surface area contributed by atoms with Gasteiger partial charge in [-0.2, -0.15) is 0 Å². The predicted molar refractivity (Wildman–Crippen MR) is 56.2 cm³/mol. The van der Waals surface area contributed by atoms with Crippen molar-refractivity contribution in [3.8, 4) is 0 Å². The zero-order valence-corrected chi connectivity index (χ0v) is 8.41. The summed E-state index contributed by atoms with van der Waals surface area (Å²) in [5, 5.41) is 0.694. The van der Waals surface area contributed by atoms with Gasteiger partial charge in [0.1, 0.15) is 6.29 Å². The molecule has 0 fully saturated rings. The van der Waals surface area contributed by atoms with E-state index in [1.54, 1.807) is 12.5 Å². The lowest BCUT2D eigenvalue weighted by Gasteiger charge is -2.06. The zero-order valence-electron chi connectivity index (χ0n) is 7.60. The molecule has 0 N–H and O–H groups in total. The number of aldehydes is 1. The highest BCUT2D eigenvalue weighted by molar-refractivity contribution is 8.14. The molecule has 0 aromatic heterocycles. The van der Waals surface area contributed by atoms with Gasteiger partial charge in [0, 0.05) is 31.6 Å². The zero-order chi connectivity index (χ0) is 9.68. The minimum Gasteiger partial charge on any atom is -0.369 e. The Morgan fingerprint density at radius 3 is 2.92 bits per heavy atom. The molecule has 0 unspecified atom stereocenters. The topological polar surface area (TPSA) is 45.0 Å². The molecule has 0 aromatic rings. The molecule has 0 aliphatic carbocycles. The van der Waals surface area contributed by atoms with Crippen LogP contribution in [0.15, 0.2) is 21.8 Å². The highest BCUT2D eigenvalue weighted by Crippen LogP contribution is 2.15. The normalized spacial score (nSPS) is 16.8. The van der Waals surface area contributed by atoms with E-state index in [0.717, 1.165) is 6.29 Å². The molecule has 4 nitrogen and oxygen atoms in total. The number of carbonyl (C=O) groups is 1. The van der Waals surface area contributed by atoms with Crippen molar-refractivity contribution in [1.29, 1.82) is 0 Å². The average Bonchev–Trinajstić information content (AvgIpc) is 2.15. The second-order valence-corrected chi connectivity index (χ2v) is 3.67. The first-order chi connectivity index (χ1) is 6.22. The highest BCUT2D eigenvalue weighted by atomic mass is 32.2. The number of hydrogen-bond donors (Lipinski definition) is 0. The van der Waals surface area contributed by atoms with Crippen molar-refractivity contribution in [1.82, 2.24) is 4.90 Å². The van der Waals surface area contributed by atoms with E-state index < -0.39 is 0 Å². The molecule has 0 aromatic carbocycles. The molecule has 0 bridgehead atoms. The van der Waals surface area contributed by atoms with Gasteiger partial charge in [0.15, 0.2) is 5.17 Å². The van der Waals surface area contributed by atoms with Gasteiger partial charge in [-0.25, -0.2) is 9.98 Å². The van der Waals surface area contributed by atoms with E-state index in [1.165, 1.54) is 11.8 Å². The van der Waals surface area contributed by atoms with Crippen LogP contribution in [-0.2, 0) is 4.79 Å². The minimum atomic E-state index is 0.660. The Hall–Kier alpha value is -1.10. The number of nitrogens with zero attached hydrogens (tertiary/aromatic N) is 3. The highest BCUT2D eigenvalue weighted by Gasteiger charge is 2.05. The summed E-state index contributed by atoms with van der Waals surface area (Å²) in [5.74, 6) is 0.660. The minimum absolute atomic E-state index is 0.660. The lowest BCUT2D eigenvalue weighted by Crippen LogP contribution is -2.09. The van der Waals surface area contributed by atoms with Gasteiger partial charge in [-0.1, -0.05) is 11.8 Å². The summed E-state index contributed by atoms with van der Waals surface area (Å²) in [6, 6.07) is 0. The molecule has 1 aliphatic heterocycles. The number of aliphatic imine (C=N–C) groups is 2. The third-order valence-corrected chi connectivity index (χ3v) is 2.21. The van der Waals surface area contributed by atoms with Gasteiger partial charge in [-0.05, 0) is 0 Å². The fourth-order valence-electron chi connectivity index (χ4n) is 0.660. The van der Waals surface area contributed by atoms with Crippen molar-refractivity contribution in [2.75, 3.05) is 19.8 Å². The Morgan fingerprint density at radius 1 is 1.69 bits per heavy atom. The molecular formula is C8H11N3OS. The van der Waals surface area contributed by atoms with Crippen molar-refractivity contribution < 1.29 is 4.79 Å². The second-order valence-electron chi connectivity index (χ2n) is 2.73. The van der Waals surface area contributed by atoms with Crippen LogP contribution in [0.4, 0.5) is 0 Å². The van der Waals surface area contributed by atoms with E-state index in [-0.39, 0.29) is 0 Å². The lowest BCUT2D eigenvalue weighted by atomic mass is 10.4. The van der Waals surface area contributed by atoms with Crippen LogP contribution in [0.3, 0.4) is 0 Å². The van der Waals surface area contributed by atoms with Gasteiger partial charge in [-0.3, -0.25) is 4.79 Å². The van der Waals surface area contributed by atoms with Gasteiger partial charge < -0.3 is 4.90 Å². The molecule has 0 radical (unpaired) electrons. The number of rotatable bonds is 2. The largest absolute Gasteiger partial charge is 0.369 e. The summed E-state index contributed by atoms with van der Waals surface area (Å²) in [5.41, 5.74) is 0.703. The molecular weight excluding hydrogens is 186 g/mol. The van der Waals surface area contributed by atoms with Crippen molar-refractivity contribution in [2.24, 2.45) is 9.98 Å². The van der Waals surface area contributed by atoms with Crippen LogP contribution in [0.1, 0.15) is 0 Å². The Balaban J connectivity index is 2.59. The van der Waals surface area contributed by atoms with E-state index in [9.17, 15) is 4.79 Å². The monoisotopic (exact) mass is 197 g/mol. The summed E-state index contributed by atoms with van der Waals surface area (Å²) in [7, 11) is 3.79. The molecule has 1 heterocycles. The fourth-order valence-corrected chi connectivity index (χ4v) is 1.35. The van der Waals surface area contributed by atoms with Crippen molar-refractivity contribution in [3.05, 3.63) is 11.8 Å². The quantitative estimate of drug-likeness (QED) is 0.373. The summed E-state index contributed by atoms with van der Waals surface area (Å²) in [6.45, 7) is 0. The van der Waals surface area contributed by atoms with Crippen molar-refractivity contribution >= 4 is 29.6 Å². The van der Waals surface area contributed by atoms with E-state index in [1.807, 2.05) is 19.0 Å². The first-order valence-corrected chi connectivity index (χ1v) is 4.76. The number of hydrogen-bond acceptors (Lipinski definition) is 4. The molecule has 0 atom stereocenters. The summed E-state index contributed by atoms with van der Waals surface area (Å²) >= 11 is 1.46. The van der Waals surface area contributed by atoms with Crippen LogP contribution in [0.2, 0.25) is 0 Å². The Bertz CT molecular complexity index is 281. The first-order valence-electron chi connectivity index (χ1n) is 3.78. The van der Waals surface area contributed by atoms with E-state index in [4.69, 9.17) is 0 Å². The van der Waals surface area contributed by atoms with E-state index in [0.29, 0.717) is 16.5 Å². The van der Waals surface area contributed by atoms with Gasteiger partial charge in [0.25, 0.3) is 0 Å². The standard InChI is InChI=1S/C8H11N3OS/c1-11(2)6-10-8-9-3-7(4-12)5-13-8/h3-4,6H,5H2,1-2H3/b10-6+.